The number of thiophene rings is 1. The Morgan fingerprint density at radius 3 is 2.65 bits per heavy atom. The molecule has 1 saturated carbocycles. The van der Waals surface area contributed by atoms with Crippen molar-refractivity contribution in [2.24, 2.45) is 0 Å². The summed E-state index contributed by atoms with van der Waals surface area (Å²) in [6.45, 7) is 2.41. The van der Waals surface area contributed by atoms with Crippen molar-refractivity contribution in [3.05, 3.63) is 21.3 Å². The zero-order chi connectivity index (χ0) is 16.8. The maximum absolute atomic E-state index is 12.2. The fraction of sp³-hybridized carbons (Fsp3) is 0.625. The second kappa shape index (κ2) is 8.66. The molecule has 1 fully saturated rings. The number of rotatable bonds is 5. The first-order valence-corrected chi connectivity index (χ1v) is 9.21. The highest BCUT2D eigenvalue weighted by Gasteiger charge is 2.22. The van der Waals surface area contributed by atoms with Gasteiger partial charge in [-0.1, -0.05) is 30.9 Å². The standard InChI is InChI=1S/C16H24ClN3O2S/c1-11(20(2)10-13-8-9-14(17)23-13)15(21)19-16(22)18-12-6-4-3-5-7-12/h8-9,11-12H,3-7,10H2,1-2H3,(H2,18,19,21,22)/t11-/m0/s1. The van der Waals surface area contributed by atoms with Crippen LogP contribution in [-0.4, -0.2) is 36.0 Å². The molecule has 1 heterocycles. The largest absolute Gasteiger partial charge is 0.335 e. The normalized spacial score (nSPS) is 17.0. The lowest BCUT2D eigenvalue weighted by molar-refractivity contribution is -0.124. The fourth-order valence-electron chi connectivity index (χ4n) is 2.70. The van der Waals surface area contributed by atoms with E-state index in [1.807, 2.05) is 24.1 Å². The van der Waals surface area contributed by atoms with Crippen molar-refractivity contribution in [2.45, 2.75) is 57.7 Å². The highest BCUT2D eigenvalue weighted by Crippen LogP contribution is 2.22. The topological polar surface area (TPSA) is 61.4 Å². The summed E-state index contributed by atoms with van der Waals surface area (Å²) < 4.78 is 0.734. The van der Waals surface area contributed by atoms with E-state index in [1.165, 1.54) is 17.8 Å². The molecule has 2 rings (SSSR count). The van der Waals surface area contributed by atoms with Crippen LogP contribution in [0.4, 0.5) is 4.79 Å². The molecule has 1 aromatic rings. The lowest BCUT2D eigenvalue weighted by atomic mass is 9.96. The molecule has 7 heteroatoms. The van der Waals surface area contributed by atoms with Crippen LogP contribution in [0.3, 0.4) is 0 Å². The van der Waals surface area contributed by atoms with Gasteiger partial charge in [0.1, 0.15) is 0 Å². The molecular weight excluding hydrogens is 334 g/mol. The quantitative estimate of drug-likeness (QED) is 0.849. The summed E-state index contributed by atoms with van der Waals surface area (Å²) >= 11 is 7.41. The van der Waals surface area contributed by atoms with Crippen molar-refractivity contribution in [3.63, 3.8) is 0 Å². The Morgan fingerprint density at radius 2 is 2.04 bits per heavy atom. The van der Waals surface area contributed by atoms with Gasteiger partial charge in [-0.15, -0.1) is 11.3 Å². The van der Waals surface area contributed by atoms with E-state index in [4.69, 9.17) is 11.6 Å². The smallest absolute Gasteiger partial charge is 0.321 e. The summed E-state index contributed by atoms with van der Waals surface area (Å²) in [5.74, 6) is -0.288. The SMILES string of the molecule is C[C@@H](C(=O)NC(=O)NC1CCCCC1)N(C)Cc1ccc(Cl)s1. The number of likely N-dealkylation sites (N-methyl/N-ethyl adjacent to an activating group) is 1. The van der Waals surface area contributed by atoms with Gasteiger partial charge in [-0.25, -0.2) is 4.79 Å². The molecule has 0 radical (unpaired) electrons. The van der Waals surface area contributed by atoms with Crippen LogP contribution in [0.15, 0.2) is 12.1 Å². The molecule has 2 N–H and O–H groups in total. The molecule has 0 bridgehead atoms. The summed E-state index contributed by atoms with van der Waals surface area (Å²) in [4.78, 5) is 27.1. The zero-order valence-electron chi connectivity index (χ0n) is 13.6. The third-order valence-corrected chi connectivity index (χ3v) is 5.47. The summed E-state index contributed by atoms with van der Waals surface area (Å²) in [5, 5.41) is 5.34. The minimum absolute atomic E-state index is 0.192. The van der Waals surface area contributed by atoms with Crippen LogP contribution in [0.1, 0.15) is 43.9 Å². The number of imide groups is 1. The van der Waals surface area contributed by atoms with Gasteiger partial charge in [-0.2, -0.15) is 0 Å². The molecule has 23 heavy (non-hydrogen) atoms. The molecule has 0 aromatic carbocycles. The molecule has 0 unspecified atom stereocenters. The molecule has 5 nitrogen and oxygen atoms in total. The van der Waals surface area contributed by atoms with Crippen molar-refractivity contribution >= 4 is 34.9 Å². The Bertz CT molecular complexity index is 543. The van der Waals surface area contributed by atoms with Gasteiger partial charge >= 0.3 is 6.03 Å². The second-order valence-corrected chi connectivity index (χ2v) is 7.89. The number of nitrogens with zero attached hydrogens (tertiary/aromatic N) is 1. The van der Waals surface area contributed by atoms with Gasteiger partial charge in [0.15, 0.2) is 0 Å². The van der Waals surface area contributed by atoms with Gasteiger partial charge in [0, 0.05) is 17.5 Å². The number of carbonyl (C=O) groups excluding carboxylic acids is 2. The molecule has 0 spiro atoms. The first-order chi connectivity index (χ1) is 11.0. The average molecular weight is 358 g/mol. The summed E-state index contributed by atoms with van der Waals surface area (Å²) in [5.41, 5.74) is 0. The third kappa shape index (κ3) is 5.79. The molecule has 1 atom stereocenters. The zero-order valence-corrected chi connectivity index (χ0v) is 15.2. The molecule has 0 saturated heterocycles. The Kier molecular flexibility index (Phi) is 6.87. The van der Waals surface area contributed by atoms with Gasteiger partial charge in [0.25, 0.3) is 0 Å². The van der Waals surface area contributed by atoms with E-state index in [9.17, 15) is 9.59 Å². The van der Waals surface area contributed by atoms with Gasteiger partial charge in [0.2, 0.25) is 5.91 Å². The molecule has 3 amide bonds. The van der Waals surface area contributed by atoms with E-state index < -0.39 is 6.04 Å². The van der Waals surface area contributed by atoms with Crippen LogP contribution in [0.25, 0.3) is 0 Å². The minimum Gasteiger partial charge on any atom is -0.335 e. The van der Waals surface area contributed by atoms with Crippen molar-refractivity contribution in [1.82, 2.24) is 15.5 Å². The average Bonchev–Trinajstić information content (AvgIpc) is 2.92. The van der Waals surface area contributed by atoms with Crippen molar-refractivity contribution in [2.75, 3.05) is 7.05 Å². The van der Waals surface area contributed by atoms with Gasteiger partial charge < -0.3 is 5.32 Å². The van der Waals surface area contributed by atoms with Crippen LogP contribution in [0, 0.1) is 0 Å². The predicted molar refractivity (Wildman–Crippen MR) is 93.8 cm³/mol. The van der Waals surface area contributed by atoms with E-state index in [0.717, 1.165) is 34.9 Å². The number of urea groups is 1. The number of hydrogen-bond acceptors (Lipinski definition) is 4. The highest BCUT2D eigenvalue weighted by atomic mass is 35.5. The van der Waals surface area contributed by atoms with Crippen molar-refractivity contribution in [1.29, 1.82) is 0 Å². The maximum atomic E-state index is 12.2. The van der Waals surface area contributed by atoms with Crippen LogP contribution in [0.2, 0.25) is 4.34 Å². The Hall–Kier alpha value is -1.11. The van der Waals surface area contributed by atoms with Crippen molar-refractivity contribution in [3.8, 4) is 0 Å². The number of halogens is 1. The first-order valence-electron chi connectivity index (χ1n) is 8.01. The van der Waals surface area contributed by atoms with Crippen LogP contribution in [-0.2, 0) is 11.3 Å². The molecule has 1 aliphatic rings. The Morgan fingerprint density at radius 1 is 1.35 bits per heavy atom. The van der Waals surface area contributed by atoms with Gasteiger partial charge in [-0.3, -0.25) is 15.0 Å². The lowest BCUT2D eigenvalue weighted by Crippen LogP contribution is -2.50. The van der Waals surface area contributed by atoms with E-state index in [1.54, 1.807) is 6.92 Å². The Labute approximate surface area is 146 Å². The molecule has 128 valence electrons. The number of hydrogen-bond donors (Lipinski definition) is 2. The fourth-order valence-corrected chi connectivity index (χ4v) is 3.86. The van der Waals surface area contributed by atoms with Crippen LogP contribution in [0.5, 0.6) is 0 Å². The number of amides is 3. The second-order valence-electron chi connectivity index (χ2n) is 6.09. The maximum Gasteiger partial charge on any atom is 0.321 e. The Balaban J connectivity index is 1.77. The third-order valence-electron chi connectivity index (χ3n) is 4.25. The van der Waals surface area contributed by atoms with E-state index in [2.05, 4.69) is 10.6 Å². The highest BCUT2D eigenvalue weighted by molar-refractivity contribution is 7.16. The van der Waals surface area contributed by atoms with Gasteiger partial charge in [-0.05, 0) is 38.9 Å². The molecular formula is C16H24ClN3O2S. The minimum atomic E-state index is -0.395. The lowest BCUT2D eigenvalue weighted by Gasteiger charge is -2.25. The number of carbonyl (C=O) groups is 2. The van der Waals surface area contributed by atoms with Crippen molar-refractivity contribution < 1.29 is 9.59 Å². The van der Waals surface area contributed by atoms with Gasteiger partial charge in [0.05, 0.1) is 10.4 Å². The van der Waals surface area contributed by atoms with Crippen LogP contribution < -0.4 is 10.6 Å². The van der Waals surface area contributed by atoms with E-state index in [0.29, 0.717) is 6.54 Å². The first kappa shape index (κ1) is 18.2. The molecule has 1 aromatic heterocycles. The monoisotopic (exact) mass is 357 g/mol. The molecule has 1 aliphatic carbocycles. The number of nitrogens with one attached hydrogen (secondary N) is 2. The molecule has 0 aliphatic heterocycles. The summed E-state index contributed by atoms with van der Waals surface area (Å²) in [6, 6.07) is 3.20. The summed E-state index contributed by atoms with van der Waals surface area (Å²) in [6.07, 6.45) is 5.50. The summed E-state index contributed by atoms with van der Waals surface area (Å²) in [7, 11) is 1.86. The van der Waals surface area contributed by atoms with E-state index in [-0.39, 0.29) is 18.0 Å². The predicted octanol–water partition coefficient (Wildman–Crippen LogP) is 3.38. The van der Waals surface area contributed by atoms with Crippen LogP contribution >= 0.6 is 22.9 Å². The van der Waals surface area contributed by atoms with E-state index >= 15 is 0 Å².